The molecule has 178 valence electrons. The van der Waals surface area contributed by atoms with Crippen LogP contribution in [0, 0.1) is 5.82 Å². The van der Waals surface area contributed by atoms with E-state index in [2.05, 4.69) is 15.3 Å². The maximum atomic E-state index is 13.8. The Balaban J connectivity index is 1.42. The van der Waals surface area contributed by atoms with Gasteiger partial charge in [0.15, 0.2) is 0 Å². The van der Waals surface area contributed by atoms with Crippen molar-refractivity contribution >= 4 is 45.0 Å². The first-order chi connectivity index (χ1) is 17.4. The lowest BCUT2D eigenvalue weighted by Crippen LogP contribution is -2.50. The second-order valence-electron chi connectivity index (χ2n) is 8.86. The normalized spacial score (nSPS) is 17.0. The maximum absolute atomic E-state index is 13.8. The topological polar surface area (TPSA) is 87.3 Å². The highest BCUT2D eigenvalue weighted by atomic mass is 19.1. The molecule has 5 aromatic rings. The molecule has 0 aliphatic carbocycles. The first-order valence-electron chi connectivity index (χ1n) is 11.4. The van der Waals surface area contributed by atoms with Crippen LogP contribution in [0.3, 0.4) is 0 Å². The molecule has 6 rings (SSSR count). The molecule has 2 amide bonds. The largest absolute Gasteiger partial charge is 0.497 e. The Morgan fingerprint density at radius 2 is 1.81 bits per heavy atom. The number of aromatic amines is 1. The number of amides is 2. The van der Waals surface area contributed by atoms with Gasteiger partial charge in [-0.05, 0) is 61.5 Å². The van der Waals surface area contributed by atoms with Crippen molar-refractivity contribution in [2.24, 2.45) is 0 Å². The Kier molecular flexibility index (Phi) is 4.79. The number of anilines is 2. The van der Waals surface area contributed by atoms with Crippen LogP contribution in [0.2, 0.25) is 0 Å². The molecule has 1 aliphatic rings. The van der Waals surface area contributed by atoms with E-state index in [0.29, 0.717) is 22.7 Å². The van der Waals surface area contributed by atoms with Crippen LogP contribution in [0.25, 0.3) is 21.8 Å². The van der Waals surface area contributed by atoms with E-state index in [1.165, 1.54) is 36.3 Å². The molecule has 1 aliphatic heterocycles. The first kappa shape index (κ1) is 21.8. The number of carbonyl (C=O) groups is 2. The van der Waals surface area contributed by atoms with E-state index in [9.17, 15) is 14.0 Å². The fraction of sp³-hybridized carbons (Fsp3) is 0.107. The van der Waals surface area contributed by atoms with E-state index < -0.39 is 17.3 Å². The number of methoxy groups -OCH3 is 1. The lowest BCUT2D eigenvalue weighted by molar-refractivity contribution is -0.122. The van der Waals surface area contributed by atoms with E-state index in [1.54, 1.807) is 37.4 Å². The molecule has 0 bridgehead atoms. The van der Waals surface area contributed by atoms with Crippen LogP contribution in [-0.4, -0.2) is 28.9 Å². The molecule has 3 aromatic carbocycles. The molecule has 0 fully saturated rings. The Labute approximate surface area is 205 Å². The van der Waals surface area contributed by atoms with Gasteiger partial charge in [0.1, 0.15) is 22.8 Å². The highest BCUT2D eigenvalue weighted by Gasteiger charge is 2.49. The molecule has 0 spiro atoms. The van der Waals surface area contributed by atoms with Crippen LogP contribution in [0.15, 0.2) is 79.0 Å². The summed E-state index contributed by atoms with van der Waals surface area (Å²) in [5.74, 6) is -0.733. The van der Waals surface area contributed by atoms with Gasteiger partial charge in [0.2, 0.25) is 0 Å². The number of rotatable bonds is 4. The summed E-state index contributed by atoms with van der Waals surface area (Å²) in [6.07, 6.45) is 1.62. The van der Waals surface area contributed by atoms with Crippen LogP contribution in [0.5, 0.6) is 5.75 Å². The van der Waals surface area contributed by atoms with E-state index in [4.69, 9.17) is 4.74 Å². The van der Waals surface area contributed by atoms with Crippen molar-refractivity contribution in [3.63, 3.8) is 0 Å². The average Bonchev–Trinajstić information content (AvgIpc) is 3.37. The third kappa shape index (κ3) is 3.22. The fourth-order valence-electron chi connectivity index (χ4n) is 4.82. The lowest BCUT2D eigenvalue weighted by atomic mass is 9.93. The molecule has 2 N–H and O–H groups in total. The van der Waals surface area contributed by atoms with Crippen molar-refractivity contribution < 1.29 is 18.7 Å². The Morgan fingerprint density at radius 3 is 2.58 bits per heavy atom. The number of nitrogens with one attached hydrogen (secondary N) is 2. The number of carbonyl (C=O) groups excluding carboxylic acids is 2. The second kappa shape index (κ2) is 7.91. The van der Waals surface area contributed by atoms with E-state index in [-0.39, 0.29) is 11.6 Å². The molecule has 0 unspecified atom stereocenters. The molecule has 8 heteroatoms. The predicted molar refractivity (Wildman–Crippen MR) is 135 cm³/mol. The minimum absolute atomic E-state index is 0.186. The van der Waals surface area contributed by atoms with Gasteiger partial charge in [-0.3, -0.25) is 14.5 Å². The summed E-state index contributed by atoms with van der Waals surface area (Å²) in [6, 6.07) is 20.4. The summed E-state index contributed by atoms with van der Waals surface area (Å²) in [6.45, 7) is 1.65. The van der Waals surface area contributed by atoms with Gasteiger partial charge in [-0.15, -0.1) is 0 Å². The van der Waals surface area contributed by atoms with Crippen molar-refractivity contribution in [1.82, 2.24) is 15.3 Å². The number of hydrogen-bond donors (Lipinski definition) is 2. The Bertz CT molecular complexity index is 1680. The molecule has 0 saturated carbocycles. The zero-order valence-electron chi connectivity index (χ0n) is 19.5. The first-order valence-corrected chi connectivity index (χ1v) is 11.4. The van der Waals surface area contributed by atoms with Crippen LogP contribution in [-0.2, 0) is 10.3 Å². The van der Waals surface area contributed by atoms with Gasteiger partial charge in [-0.1, -0.05) is 18.2 Å². The van der Waals surface area contributed by atoms with Gasteiger partial charge in [0.25, 0.3) is 11.8 Å². The molecule has 0 radical (unpaired) electrons. The monoisotopic (exact) mass is 480 g/mol. The maximum Gasteiger partial charge on any atom is 0.271 e. The Morgan fingerprint density at radius 1 is 1.03 bits per heavy atom. The third-order valence-electron chi connectivity index (χ3n) is 6.69. The number of H-pyrrole nitrogens is 1. The van der Waals surface area contributed by atoms with Gasteiger partial charge in [-0.2, -0.15) is 0 Å². The quantitative estimate of drug-likeness (QED) is 0.371. The SMILES string of the molecule is COc1ccc2c(c1)[C@@](C)(NC(=O)c1cc3c(cn1)[nH]c1ccccc13)C(=O)N2c1ccc(F)cc1. The summed E-state index contributed by atoms with van der Waals surface area (Å²) in [7, 11) is 1.53. The minimum Gasteiger partial charge on any atom is -0.497 e. The number of aromatic nitrogens is 2. The number of pyridine rings is 1. The molecule has 3 heterocycles. The number of hydrogen-bond acceptors (Lipinski definition) is 4. The third-order valence-corrected chi connectivity index (χ3v) is 6.69. The van der Waals surface area contributed by atoms with E-state index in [0.717, 1.165) is 21.8 Å². The summed E-state index contributed by atoms with van der Waals surface area (Å²) in [5.41, 5.74) is 2.17. The van der Waals surface area contributed by atoms with Crippen LogP contribution >= 0.6 is 0 Å². The number of ether oxygens (including phenoxy) is 1. The highest BCUT2D eigenvalue weighted by Crippen LogP contribution is 2.45. The van der Waals surface area contributed by atoms with Gasteiger partial charge in [0.05, 0.1) is 24.5 Å². The van der Waals surface area contributed by atoms with E-state index in [1.807, 2.05) is 24.3 Å². The van der Waals surface area contributed by atoms with Gasteiger partial charge >= 0.3 is 0 Å². The fourth-order valence-corrected chi connectivity index (χ4v) is 4.82. The zero-order valence-corrected chi connectivity index (χ0v) is 19.5. The predicted octanol–water partition coefficient (Wildman–Crippen LogP) is 5.19. The van der Waals surface area contributed by atoms with Gasteiger partial charge < -0.3 is 15.0 Å². The highest BCUT2D eigenvalue weighted by molar-refractivity contribution is 6.15. The summed E-state index contributed by atoms with van der Waals surface area (Å²) < 4.78 is 19.0. The van der Waals surface area contributed by atoms with Crippen molar-refractivity contribution in [2.75, 3.05) is 12.0 Å². The molecule has 0 saturated heterocycles. The Hall–Kier alpha value is -4.72. The van der Waals surface area contributed by atoms with Crippen LogP contribution < -0.4 is 15.0 Å². The van der Waals surface area contributed by atoms with Crippen LogP contribution in [0.1, 0.15) is 23.0 Å². The van der Waals surface area contributed by atoms with Crippen molar-refractivity contribution in [1.29, 1.82) is 0 Å². The molecular weight excluding hydrogens is 459 g/mol. The number of benzene rings is 3. The number of fused-ring (bicyclic) bond motifs is 4. The van der Waals surface area contributed by atoms with Crippen molar-refractivity contribution in [3.8, 4) is 5.75 Å². The van der Waals surface area contributed by atoms with Crippen molar-refractivity contribution in [2.45, 2.75) is 12.5 Å². The molecule has 7 nitrogen and oxygen atoms in total. The molecule has 2 aromatic heterocycles. The average molecular weight is 480 g/mol. The summed E-state index contributed by atoms with van der Waals surface area (Å²) in [4.78, 5) is 36.4. The molecule has 36 heavy (non-hydrogen) atoms. The molecular formula is C28H21FN4O3. The van der Waals surface area contributed by atoms with Gasteiger partial charge in [0, 0.05) is 27.5 Å². The van der Waals surface area contributed by atoms with Crippen molar-refractivity contribution in [3.05, 3.63) is 96.1 Å². The van der Waals surface area contributed by atoms with E-state index >= 15 is 0 Å². The number of halogens is 1. The van der Waals surface area contributed by atoms with Gasteiger partial charge in [-0.25, -0.2) is 9.37 Å². The van der Waals surface area contributed by atoms with Crippen LogP contribution in [0.4, 0.5) is 15.8 Å². The standard InChI is InChI=1S/C28H21FN4O3/c1-28(32-26(34)23-14-20-19-5-3-4-6-22(19)31-24(20)15-30-23)21-13-18(36-2)11-12-25(21)33(27(28)35)17-9-7-16(29)8-10-17/h3-15,31H,1-2H3,(H,32,34)/t28-/m1/s1. The number of para-hydroxylation sites is 1. The lowest BCUT2D eigenvalue weighted by Gasteiger charge is -2.26. The minimum atomic E-state index is -1.41. The smallest absolute Gasteiger partial charge is 0.271 e. The second-order valence-corrected chi connectivity index (χ2v) is 8.86. The summed E-state index contributed by atoms with van der Waals surface area (Å²) in [5, 5.41) is 4.75. The molecule has 1 atom stereocenters. The zero-order chi connectivity index (χ0) is 25.0. The summed E-state index contributed by atoms with van der Waals surface area (Å²) >= 11 is 0. The number of nitrogens with zero attached hydrogens (tertiary/aromatic N) is 2.